The van der Waals surface area contributed by atoms with Gasteiger partial charge in [0.15, 0.2) is 0 Å². The molecular formula is C35H48N4O9S. The number of carbonyl (C=O) groups is 4. The molecule has 2 heterocycles. The molecule has 0 aromatic heterocycles. The lowest BCUT2D eigenvalue weighted by atomic mass is 9.74. The van der Waals surface area contributed by atoms with Crippen molar-refractivity contribution >= 4 is 39.6 Å². The summed E-state index contributed by atoms with van der Waals surface area (Å²) in [7, 11) is -3.49. The lowest BCUT2D eigenvalue weighted by molar-refractivity contribution is -0.169. The molecule has 2 N–H and O–H groups in total. The van der Waals surface area contributed by atoms with E-state index in [0.29, 0.717) is 44.6 Å². The Morgan fingerprint density at radius 2 is 1.59 bits per heavy atom. The summed E-state index contributed by atoms with van der Waals surface area (Å²) in [5.41, 5.74) is 0.547. The molecule has 1 spiro atoms. The van der Waals surface area contributed by atoms with Gasteiger partial charge in [-0.25, -0.2) is 13.2 Å². The van der Waals surface area contributed by atoms with Gasteiger partial charge in [0, 0.05) is 32.0 Å². The molecule has 1 fully saturated rings. The van der Waals surface area contributed by atoms with Gasteiger partial charge >= 0.3 is 12.1 Å². The van der Waals surface area contributed by atoms with Gasteiger partial charge in [-0.2, -0.15) is 0 Å². The fourth-order valence-corrected chi connectivity index (χ4v) is 7.03. The van der Waals surface area contributed by atoms with Crippen LogP contribution in [0.15, 0.2) is 54.6 Å². The van der Waals surface area contributed by atoms with E-state index in [2.05, 4.69) is 10.6 Å². The number of alkyl carbamates (subject to hydrolysis) is 1. The number of para-hydroxylation sites is 1. The SMILES string of the molecule is CCC(C)C(=O)OC(C)OC(=O)NC(C)(C)C(=O)N[C@H](COCc1ccccc1)C(=O)N1CCC2(CC1)CN(S(C)(=O)=O)c1ccccc12. The highest BCUT2D eigenvalue weighted by Crippen LogP contribution is 2.47. The minimum absolute atomic E-state index is 0.130. The van der Waals surface area contributed by atoms with Crippen LogP contribution in [0.1, 0.15) is 65.0 Å². The average Bonchev–Trinajstić information content (AvgIpc) is 3.38. The summed E-state index contributed by atoms with van der Waals surface area (Å²) in [6.45, 7) is 8.93. The summed E-state index contributed by atoms with van der Waals surface area (Å²) in [4.78, 5) is 53.9. The zero-order valence-corrected chi connectivity index (χ0v) is 29.9. The first-order valence-electron chi connectivity index (χ1n) is 16.5. The van der Waals surface area contributed by atoms with Crippen molar-refractivity contribution in [3.63, 3.8) is 0 Å². The van der Waals surface area contributed by atoms with Gasteiger partial charge in [0.25, 0.3) is 0 Å². The topological polar surface area (TPSA) is 161 Å². The van der Waals surface area contributed by atoms with Gasteiger partial charge in [-0.15, -0.1) is 0 Å². The number of amides is 3. The second kappa shape index (κ2) is 15.6. The number of fused-ring (bicyclic) bond motifs is 2. The summed E-state index contributed by atoms with van der Waals surface area (Å²) in [5, 5.41) is 5.24. The Hall–Kier alpha value is -4.17. The minimum atomic E-state index is -3.49. The van der Waals surface area contributed by atoms with Crippen LogP contribution in [0, 0.1) is 5.92 Å². The molecule has 0 saturated carbocycles. The molecule has 0 radical (unpaired) electrons. The van der Waals surface area contributed by atoms with E-state index in [1.54, 1.807) is 11.8 Å². The van der Waals surface area contributed by atoms with Crippen LogP contribution in [-0.4, -0.2) is 87.6 Å². The lowest BCUT2D eigenvalue weighted by Crippen LogP contribution is -2.61. The normalized spacial score (nSPS) is 17.4. The number of hydrogen-bond donors (Lipinski definition) is 2. The molecule has 14 heteroatoms. The molecule has 2 aromatic rings. The second-order valence-electron chi connectivity index (χ2n) is 13.4. The average molecular weight is 701 g/mol. The van der Waals surface area contributed by atoms with Gasteiger partial charge in [-0.05, 0) is 50.3 Å². The molecule has 268 valence electrons. The maximum Gasteiger partial charge on any atom is 0.411 e. The van der Waals surface area contributed by atoms with Crippen molar-refractivity contribution in [1.29, 1.82) is 0 Å². The first kappa shape index (κ1) is 37.6. The molecule has 2 aliphatic rings. The van der Waals surface area contributed by atoms with Crippen LogP contribution in [0.25, 0.3) is 0 Å². The third-order valence-electron chi connectivity index (χ3n) is 9.17. The van der Waals surface area contributed by atoms with Crippen molar-refractivity contribution in [1.82, 2.24) is 15.5 Å². The molecule has 2 aromatic carbocycles. The number of likely N-dealkylation sites (tertiary alicyclic amines) is 1. The van der Waals surface area contributed by atoms with Crippen molar-refractivity contribution < 1.29 is 41.8 Å². The zero-order chi connectivity index (χ0) is 36.0. The van der Waals surface area contributed by atoms with E-state index in [1.165, 1.54) is 31.3 Å². The first-order valence-corrected chi connectivity index (χ1v) is 18.4. The van der Waals surface area contributed by atoms with E-state index in [-0.39, 0.29) is 25.0 Å². The molecule has 49 heavy (non-hydrogen) atoms. The Kier molecular flexibility index (Phi) is 12.0. The van der Waals surface area contributed by atoms with Crippen molar-refractivity contribution in [3.8, 4) is 0 Å². The molecule has 3 atom stereocenters. The molecule has 1 saturated heterocycles. The number of piperidine rings is 1. The van der Waals surface area contributed by atoms with Crippen LogP contribution in [-0.2, 0) is 50.6 Å². The third kappa shape index (κ3) is 9.30. The van der Waals surface area contributed by atoms with Gasteiger partial charge < -0.3 is 29.7 Å². The highest BCUT2D eigenvalue weighted by atomic mass is 32.2. The van der Waals surface area contributed by atoms with Crippen LogP contribution in [0.5, 0.6) is 0 Å². The molecule has 4 rings (SSSR count). The number of nitrogens with one attached hydrogen (secondary N) is 2. The number of ether oxygens (including phenoxy) is 3. The van der Waals surface area contributed by atoms with Gasteiger partial charge in [-0.1, -0.05) is 62.4 Å². The van der Waals surface area contributed by atoms with Crippen LogP contribution < -0.4 is 14.9 Å². The molecular weight excluding hydrogens is 652 g/mol. The van der Waals surface area contributed by atoms with Gasteiger partial charge in [0.2, 0.25) is 28.1 Å². The fourth-order valence-electron chi connectivity index (χ4n) is 6.03. The Bertz CT molecular complexity index is 1610. The molecule has 0 bridgehead atoms. The summed E-state index contributed by atoms with van der Waals surface area (Å²) >= 11 is 0. The molecule has 3 amide bonds. The largest absolute Gasteiger partial charge is 0.425 e. The number of sulfonamides is 1. The maximum absolute atomic E-state index is 14.0. The summed E-state index contributed by atoms with van der Waals surface area (Å²) in [5.74, 6) is -1.88. The number of nitrogens with zero attached hydrogens (tertiary/aromatic N) is 2. The van der Waals surface area contributed by atoms with Crippen LogP contribution >= 0.6 is 0 Å². The molecule has 13 nitrogen and oxygen atoms in total. The minimum Gasteiger partial charge on any atom is -0.425 e. The third-order valence-corrected chi connectivity index (χ3v) is 10.3. The summed E-state index contributed by atoms with van der Waals surface area (Å²) in [6.07, 6.45) is 0.670. The van der Waals surface area contributed by atoms with E-state index >= 15 is 0 Å². The van der Waals surface area contributed by atoms with Gasteiger partial charge in [0.1, 0.15) is 11.6 Å². The van der Waals surface area contributed by atoms with E-state index in [0.717, 1.165) is 11.1 Å². The van der Waals surface area contributed by atoms with Gasteiger partial charge in [-0.3, -0.25) is 18.7 Å². The number of anilines is 1. The second-order valence-corrected chi connectivity index (χ2v) is 15.3. The van der Waals surface area contributed by atoms with Crippen LogP contribution in [0.3, 0.4) is 0 Å². The van der Waals surface area contributed by atoms with Gasteiger partial charge in [0.05, 0.1) is 31.1 Å². The zero-order valence-electron chi connectivity index (χ0n) is 29.1. The monoisotopic (exact) mass is 700 g/mol. The van der Waals surface area contributed by atoms with E-state index in [1.807, 2.05) is 61.5 Å². The van der Waals surface area contributed by atoms with E-state index in [9.17, 15) is 27.6 Å². The van der Waals surface area contributed by atoms with E-state index in [4.69, 9.17) is 14.2 Å². The van der Waals surface area contributed by atoms with Crippen molar-refractivity contribution in [3.05, 3.63) is 65.7 Å². The van der Waals surface area contributed by atoms with Crippen molar-refractivity contribution in [2.75, 3.05) is 36.8 Å². The highest BCUT2D eigenvalue weighted by Gasteiger charge is 2.48. The number of rotatable bonds is 13. The van der Waals surface area contributed by atoms with Crippen molar-refractivity contribution in [2.24, 2.45) is 5.92 Å². The van der Waals surface area contributed by atoms with Crippen molar-refractivity contribution in [2.45, 2.75) is 83.8 Å². The first-order chi connectivity index (χ1) is 23.1. The standard InChI is InChI=1S/C35H48N4O9S/c1-7-24(2)31(41)47-25(3)48-33(43)37-34(4,5)32(42)36-28(22-46-21-26-13-9-8-10-14-26)30(40)38-19-17-35(18-20-38)23-39(49(6,44)45)29-16-12-11-15-27(29)35/h8-16,24-25,28H,7,17-23H2,1-6H3,(H,36,42)(H,37,43)/t24?,25?,28-/m1/s1. The summed E-state index contributed by atoms with van der Waals surface area (Å²) < 4.78 is 42.9. The smallest absolute Gasteiger partial charge is 0.411 e. The molecule has 2 unspecified atom stereocenters. The predicted molar refractivity (Wildman–Crippen MR) is 183 cm³/mol. The molecule has 0 aliphatic carbocycles. The number of hydrogen-bond acceptors (Lipinski definition) is 9. The lowest BCUT2D eigenvalue weighted by Gasteiger charge is -2.41. The number of benzene rings is 2. The molecule has 2 aliphatic heterocycles. The van der Waals surface area contributed by atoms with E-state index < -0.39 is 51.3 Å². The Balaban J connectivity index is 1.43. The predicted octanol–water partition coefficient (Wildman–Crippen LogP) is 3.47. The summed E-state index contributed by atoms with van der Waals surface area (Å²) in [6, 6.07) is 15.8. The number of carbonyl (C=O) groups excluding carboxylic acids is 4. The Morgan fingerprint density at radius 3 is 2.22 bits per heavy atom. The Morgan fingerprint density at radius 1 is 0.959 bits per heavy atom. The van der Waals surface area contributed by atoms with Crippen LogP contribution in [0.4, 0.5) is 10.5 Å². The van der Waals surface area contributed by atoms with Crippen LogP contribution in [0.2, 0.25) is 0 Å². The Labute approximate surface area is 288 Å². The number of esters is 1. The maximum atomic E-state index is 14.0. The highest BCUT2D eigenvalue weighted by molar-refractivity contribution is 7.92. The quantitative estimate of drug-likeness (QED) is 0.236. The fraction of sp³-hybridized carbons (Fsp3) is 0.543.